The molecule has 0 N–H and O–H groups in total. The Morgan fingerprint density at radius 3 is 2.78 bits per heavy atom. The number of nitrogens with zero attached hydrogens (tertiary/aromatic N) is 3. The van der Waals surface area contributed by atoms with Crippen LogP contribution in [-0.2, 0) is 6.54 Å². The van der Waals surface area contributed by atoms with E-state index in [1.807, 2.05) is 49.4 Å². The molecule has 132 valence electrons. The average Bonchev–Trinajstić information content (AvgIpc) is 3.06. The average molecular weight is 359 g/mol. The molecule has 0 radical (unpaired) electrons. The third-order valence-electron chi connectivity index (χ3n) is 4.88. The fourth-order valence-electron chi connectivity index (χ4n) is 3.60. The Morgan fingerprint density at radius 1 is 1.00 bits per heavy atom. The van der Waals surface area contributed by atoms with E-state index in [4.69, 9.17) is 0 Å². The molecule has 0 bridgehead atoms. The minimum Gasteiger partial charge on any atom is -0.315 e. The maximum absolute atomic E-state index is 14.4. The van der Waals surface area contributed by atoms with Crippen LogP contribution in [0.2, 0.25) is 0 Å². The highest BCUT2D eigenvalue weighted by molar-refractivity contribution is 6.13. The number of fused-ring (bicyclic) bond motifs is 4. The molecule has 0 fully saturated rings. The summed E-state index contributed by atoms with van der Waals surface area (Å²) in [6.07, 6.45) is 1.81. The molecular weight excluding hydrogens is 344 g/mol. The van der Waals surface area contributed by atoms with Crippen LogP contribution < -0.4 is 0 Å². The number of aromatic nitrogens is 2. The molecule has 2 aromatic carbocycles. The van der Waals surface area contributed by atoms with E-state index in [0.29, 0.717) is 11.3 Å². The molecule has 0 spiro atoms. The van der Waals surface area contributed by atoms with Gasteiger partial charge in [0.05, 0.1) is 29.2 Å². The highest BCUT2D eigenvalue weighted by atomic mass is 19.1. The lowest BCUT2D eigenvalue weighted by Gasteiger charge is -2.12. The zero-order valence-corrected chi connectivity index (χ0v) is 14.6. The first-order valence-corrected chi connectivity index (χ1v) is 8.68. The standard InChI is InChI=1S/C22H15F2N3/c1-13-4-5-14-9-15(6-7-19(14)26-13)22-20-3-2-8-27(20)21-11-16(23)10-18(24)17(21)12-25-22/h2-11H,12H2,1H3. The molecule has 0 aliphatic carbocycles. The van der Waals surface area contributed by atoms with Crippen molar-refractivity contribution in [1.82, 2.24) is 9.55 Å². The lowest BCUT2D eigenvalue weighted by Crippen LogP contribution is -2.08. The number of hydrogen-bond donors (Lipinski definition) is 0. The molecular formula is C22H15F2N3. The van der Waals surface area contributed by atoms with Crippen molar-refractivity contribution in [1.29, 1.82) is 0 Å². The van der Waals surface area contributed by atoms with Gasteiger partial charge < -0.3 is 4.57 Å². The van der Waals surface area contributed by atoms with Gasteiger partial charge in [-0.05, 0) is 43.3 Å². The van der Waals surface area contributed by atoms with Crippen LogP contribution in [0.1, 0.15) is 22.5 Å². The van der Waals surface area contributed by atoms with Gasteiger partial charge in [0.1, 0.15) is 11.6 Å². The summed E-state index contributed by atoms with van der Waals surface area (Å²) in [5.74, 6) is -1.17. The summed E-state index contributed by atoms with van der Waals surface area (Å²) in [5.41, 5.74) is 5.23. The van der Waals surface area contributed by atoms with Crippen LogP contribution in [0, 0.1) is 18.6 Å². The molecule has 0 unspecified atom stereocenters. The smallest absolute Gasteiger partial charge is 0.133 e. The SMILES string of the molecule is Cc1ccc2cc(C3=NCc4c(F)cc(F)cc4-n4cccc43)ccc2n1. The molecule has 3 nitrogen and oxygen atoms in total. The first-order valence-electron chi connectivity index (χ1n) is 8.68. The predicted molar refractivity (Wildman–Crippen MR) is 102 cm³/mol. The summed E-state index contributed by atoms with van der Waals surface area (Å²) >= 11 is 0. The molecule has 5 heteroatoms. The number of hydrogen-bond acceptors (Lipinski definition) is 2. The van der Waals surface area contributed by atoms with E-state index >= 15 is 0 Å². The van der Waals surface area contributed by atoms with Gasteiger partial charge in [-0.1, -0.05) is 12.1 Å². The first kappa shape index (κ1) is 15.9. The van der Waals surface area contributed by atoms with Gasteiger partial charge in [0.15, 0.2) is 0 Å². The number of pyridine rings is 1. The molecule has 0 saturated carbocycles. The minimum absolute atomic E-state index is 0.155. The van der Waals surface area contributed by atoms with E-state index in [2.05, 4.69) is 9.98 Å². The van der Waals surface area contributed by atoms with Crippen LogP contribution >= 0.6 is 0 Å². The van der Waals surface area contributed by atoms with Gasteiger partial charge in [0.2, 0.25) is 0 Å². The molecule has 0 amide bonds. The van der Waals surface area contributed by atoms with Crippen molar-refractivity contribution >= 4 is 16.6 Å². The Kier molecular flexibility index (Phi) is 3.44. The quantitative estimate of drug-likeness (QED) is 0.472. The molecule has 27 heavy (non-hydrogen) atoms. The topological polar surface area (TPSA) is 30.2 Å². The van der Waals surface area contributed by atoms with Crippen molar-refractivity contribution in [2.75, 3.05) is 0 Å². The van der Waals surface area contributed by atoms with Gasteiger partial charge in [0.25, 0.3) is 0 Å². The second-order valence-electron chi connectivity index (χ2n) is 6.67. The predicted octanol–water partition coefficient (Wildman–Crippen LogP) is 4.96. The summed E-state index contributed by atoms with van der Waals surface area (Å²) in [7, 11) is 0. The maximum Gasteiger partial charge on any atom is 0.133 e. The second-order valence-corrected chi connectivity index (χ2v) is 6.67. The van der Waals surface area contributed by atoms with Gasteiger partial charge in [-0.2, -0.15) is 0 Å². The molecule has 0 saturated heterocycles. The Morgan fingerprint density at radius 2 is 1.89 bits per heavy atom. The summed E-state index contributed by atoms with van der Waals surface area (Å²) < 4.78 is 30.0. The molecule has 3 heterocycles. The highest BCUT2D eigenvalue weighted by Gasteiger charge is 2.21. The van der Waals surface area contributed by atoms with Gasteiger partial charge in [-0.25, -0.2) is 8.78 Å². The lowest BCUT2D eigenvalue weighted by atomic mass is 10.0. The molecule has 0 atom stereocenters. The Balaban J connectivity index is 1.71. The summed E-state index contributed by atoms with van der Waals surface area (Å²) in [6, 6.07) is 16.0. The first-order chi connectivity index (χ1) is 13.1. The zero-order valence-electron chi connectivity index (χ0n) is 14.6. The summed E-state index contributed by atoms with van der Waals surface area (Å²) in [6.45, 7) is 2.11. The molecule has 4 aromatic rings. The van der Waals surface area contributed by atoms with Gasteiger partial charge in [-0.15, -0.1) is 0 Å². The number of aryl methyl sites for hydroxylation is 1. The summed E-state index contributed by atoms with van der Waals surface area (Å²) in [4.78, 5) is 9.21. The van der Waals surface area contributed by atoms with E-state index in [1.54, 1.807) is 10.8 Å². The fourth-order valence-corrected chi connectivity index (χ4v) is 3.60. The third-order valence-corrected chi connectivity index (χ3v) is 4.88. The van der Waals surface area contributed by atoms with E-state index in [9.17, 15) is 8.78 Å². The molecule has 5 rings (SSSR count). The van der Waals surface area contributed by atoms with Gasteiger partial charge in [0, 0.05) is 34.5 Å². The van der Waals surface area contributed by atoms with Crippen molar-refractivity contribution in [3.05, 3.63) is 94.9 Å². The Labute approximate surface area is 154 Å². The van der Waals surface area contributed by atoms with Crippen LogP contribution in [0.15, 0.2) is 65.8 Å². The Hall–Kier alpha value is -3.34. The van der Waals surface area contributed by atoms with Crippen LogP contribution in [0.5, 0.6) is 0 Å². The number of benzene rings is 2. The van der Waals surface area contributed by atoms with E-state index < -0.39 is 11.6 Å². The third kappa shape index (κ3) is 2.54. The van der Waals surface area contributed by atoms with E-state index in [1.165, 1.54) is 6.07 Å². The van der Waals surface area contributed by atoms with Crippen LogP contribution in [0.25, 0.3) is 16.6 Å². The van der Waals surface area contributed by atoms with E-state index in [-0.39, 0.29) is 6.54 Å². The fraction of sp³-hybridized carbons (Fsp3) is 0.0909. The second kappa shape index (κ2) is 5.84. The van der Waals surface area contributed by atoms with Crippen LogP contribution in [0.4, 0.5) is 8.78 Å². The highest BCUT2D eigenvalue weighted by Crippen LogP contribution is 2.28. The monoisotopic (exact) mass is 359 g/mol. The Bertz CT molecular complexity index is 1240. The van der Waals surface area contributed by atoms with Crippen molar-refractivity contribution in [2.24, 2.45) is 4.99 Å². The van der Waals surface area contributed by atoms with Crippen LogP contribution in [-0.4, -0.2) is 15.3 Å². The maximum atomic E-state index is 14.4. The lowest BCUT2D eigenvalue weighted by molar-refractivity contribution is 0.571. The molecule has 2 aromatic heterocycles. The van der Waals surface area contributed by atoms with Gasteiger partial charge >= 0.3 is 0 Å². The molecule has 1 aliphatic heterocycles. The molecule has 1 aliphatic rings. The van der Waals surface area contributed by atoms with E-state index in [0.717, 1.165) is 39.6 Å². The zero-order chi connectivity index (χ0) is 18.5. The number of halogens is 2. The van der Waals surface area contributed by atoms with Crippen molar-refractivity contribution in [3.8, 4) is 5.69 Å². The van der Waals surface area contributed by atoms with Crippen LogP contribution in [0.3, 0.4) is 0 Å². The van der Waals surface area contributed by atoms with Crippen molar-refractivity contribution in [2.45, 2.75) is 13.5 Å². The largest absolute Gasteiger partial charge is 0.315 e. The normalized spacial score (nSPS) is 13.1. The van der Waals surface area contributed by atoms with Gasteiger partial charge in [-0.3, -0.25) is 9.98 Å². The van der Waals surface area contributed by atoms with Crippen molar-refractivity contribution < 1.29 is 8.78 Å². The number of rotatable bonds is 1. The number of aliphatic imine (C=N–C) groups is 1. The van der Waals surface area contributed by atoms with Crippen molar-refractivity contribution in [3.63, 3.8) is 0 Å². The summed E-state index contributed by atoms with van der Waals surface area (Å²) in [5, 5.41) is 1.01. The minimum atomic E-state index is -0.596.